The fourth-order valence-electron chi connectivity index (χ4n) is 9.56. The fourth-order valence-corrected chi connectivity index (χ4v) is 11.1. The molecule has 2 fully saturated rings. The van der Waals surface area contributed by atoms with Crippen molar-refractivity contribution in [1.82, 2.24) is 60.3 Å². The van der Waals surface area contributed by atoms with Gasteiger partial charge in [0.1, 0.15) is 11.5 Å². The van der Waals surface area contributed by atoms with Crippen molar-refractivity contribution in [3.8, 4) is 57.1 Å². The van der Waals surface area contributed by atoms with Crippen LogP contribution in [0, 0.1) is 0 Å². The van der Waals surface area contributed by atoms with E-state index in [1.807, 2.05) is 103 Å². The standard InChI is InChI=1S/C53H45N12O4S.Zn/c1-64(42(66)18-10-9-17-41-43-40(28-70-41)54-53(68)55-43)25-26-65(2)52(67)29-19-21-30(22-20-29)69-31-23-24-38-39(27-31)51-62-49-37-16-8-7-15-36(37)47(60-49)58-45-33-12-4-3-11-32(33)44(56-45)57-46-34-13-5-6-14-35(34)48(59-46)61-50(38)63-51;/h3-8,11-16,19-24,27,40-41,43H,9-10,17-18,25-26,28H2,1-2H3,(H3-,54,55,56,57,58,59,60,61,62,63,68);/q-1;+2/p-1/t40-,41-,43-;/m0./s1. The second-order valence-electron chi connectivity index (χ2n) is 17.9. The monoisotopic (exact) mass is 1010 g/mol. The van der Waals surface area contributed by atoms with E-state index >= 15 is 0 Å². The second-order valence-corrected chi connectivity index (χ2v) is 19.1. The molecule has 8 bridgehead atoms. The van der Waals surface area contributed by atoms with Gasteiger partial charge >= 0.3 is 25.5 Å². The van der Waals surface area contributed by atoms with Crippen LogP contribution < -0.4 is 25.3 Å². The van der Waals surface area contributed by atoms with Gasteiger partial charge in [0.15, 0.2) is 11.6 Å². The Hall–Kier alpha value is -7.56. The summed E-state index contributed by atoms with van der Waals surface area (Å²) >= 11 is 1.88. The summed E-state index contributed by atoms with van der Waals surface area (Å²) in [5.74, 6) is 3.82. The Morgan fingerprint density at radius 3 is 1.76 bits per heavy atom. The third-order valence-electron chi connectivity index (χ3n) is 13.3. The maximum absolute atomic E-state index is 13.5. The van der Waals surface area contributed by atoms with Crippen molar-refractivity contribution in [3.63, 3.8) is 0 Å². The van der Waals surface area contributed by atoms with Crippen molar-refractivity contribution in [2.24, 2.45) is 0 Å². The van der Waals surface area contributed by atoms with Crippen LogP contribution in [0.5, 0.6) is 11.5 Å². The normalized spacial score (nSPS) is 16.4. The van der Waals surface area contributed by atoms with E-state index in [1.165, 1.54) is 0 Å². The van der Waals surface area contributed by atoms with Gasteiger partial charge in [-0.25, -0.2) is 19.7 Å². The molecule has 8 aromatic rings. The van der Waals surface area contributed by atoms with Gasteiger partial charge in [0.05, 0.1) is 23.7 Å². The van der Waals surface area contributed by atoms with Crippen molar-refractivity contribution in [2.45, 2.75) is 43.0 Å². The molecule has 3 aromatic heterocycles. The number of rotatable bonds is 11. The van der Waals surface area contributed by atoms with E-state index in [0.717, 1.165) is 63.4 Å². The van der Waals surface area contributed by atoms with Gasteiger partial charge in [-0.05, 0) is 76.9 Å². The predicted molar refractivity (Wildman–Crippen MR) is 269 cm³/mol. The van der Waals surface area contributed by atoms with Crippen molar-refractivity contribution in [3.05, 3.63) is 121 Å². The molecule has 5 aromatic carbocycles. The quantitative estimate of drug-likeness (QED) is 0.0716. The third kappa shape index (κ3) is 8.75. The number of aromatic nitrogens is 8. The van der Waals surface area contributed by atoms with Gasteiger partial charge in [-0.2, -0.15) is 11.8 Å². The first-order valence-corrected chi connectivity index (χ1v) is 24.4. The van der Waals surface area contributed by atoms with Crippen LogP contribution in [0.1, 0.15) is 36.0 Å². The van der Waals surface area contributed by atoms with Crippen LogP contribution in [-0.2, 0) is 24.3 Å². The molecule has 348 valence electrons. The van der Waals surface area contributed by atoms with E-state index < -0.39 is 0 Å². The van der Waals surface area contributed by atoms with E-state index in [1.54, 1.807) is 48.2 Å². The van der Waals surface area contributed by atoms with Gasteiger partial charge < -0.3 is 50.1 Å². The van der Waals surface area contributed by atoms with Crippen molar-refractivity contribution in [1.29, 1.82) is 0 Å². The van der Waals surface area contributed by atoms with Crippen LogP contribution in [0.4, 0.5) is 4.79 Å². The minimum atomic E-state index is -0.164. The minimum absolute atomic E-state index is 0. The molecule has 3 atom stereocenters. The number of urea groups is 1. The molecule has 7 heterocycles. The molecular weight excluding hydrogens is 966 g/mol. The number of thioether (sulfide) groups is 1. The van der Waals surface area contributed by atoms with Crippen LogP contribution in [0.25, 0.3) is 89.7 Å². The number of nitrogens with zero attached hydrogens (tertiary/aromatic N) is 10. The SMILES string of the molecule is CN(CCN(C)C(=O)c1ccc(Oc2ccc3c4nc5nc(nc6nc(nc7[n-]c(nc([n-]4)c3c2)c2ccccc72)-c2ccccc2-6)-c2ccccc2-5)cc1)C(=O)CCCC[C@@H]1SC[C@@H]2NC(=O)N[C@@H]21.[Zn+2]. The maximum atomic E-state index is 13.5. The zero-order valence-corrected chi connectivity index (χ0v) is 42.7. The van der Waals surface area contributed by atoms with E-state index in [9.17, 15) is 14.4 Å². The van der Waals surface area contributed by atoms with Crippen LogP contribution in [-0.4, -0.2) is 108 Å². The summed E-state index contributed by atoms with van der Waals surface area (Å²) in [7, 11) is 3.52. The summed E-state index contributed by atoms with van der Waals surface area (Å²) in [5, 5.41) is 9.43. The van der Waals surface area contributed by atoms with Crippen molar-refractivity contribution in [2.75, 3.05) is 32.9 Å². The zero-order valence-electron chi connectivity index (χ0n) is 38.9. The summed E-state index contributed by atoms with van der Waals surface area (Å²) in [6, 6.07) is 36.5. The number of ether oxygens (including phenoxy) is 1. The van der Waals surface area contributed by atoms with Crippen molar-refractivity contribution < 1.29 is 38.6 Å². The zero-order chi connectivity index (χ0) is 47.5. The molecule has 16 nitrogen and oxygen atoms in total. The molecule has 0 spiro atoms. The van der Waals surface area contributed by atoms with Gasteiger partial charge in [-0.15, -0.1) is 0 Å². The number of hydrogen-bond donors (Lipinski definition) is 2. The number of nitrogens with one attached hydrogen (secondary N) is 2. The molecule has 12 rings (SSSR count). The Morgan fingerprint density at radius 1 is 0.620 bits per heavy atom. The van der Waals surface area contributed by atoms with Gasteiger partial charge in [0.25, 0.3) is 5.91 Å². The number of likely N-dealkylation sites (N-methyl/N-ethyl adjacent to an activating group) is 2. The predicted octanol–water partition coefficient (Wildman–Crippen LogP) is 8.17. The van der Waals surface area contributed by atoms with Crippen molar-refractivity contribution >= 4 is 73.7 Å². The Kier molecular flexibility index (Phi) is 12.3. The molecule has 0 unspecified atom stereocenters. The minimum Gasteiger partial charge on any atom is -0.457 e. The summed E-state index contributed by atoms with van der Waals surface area (Å²) in [6.07, 6.45) is 3.11. The number of fused-ring (bicyclic) bond motifs is 21. The Morgan fingerprint density at radius 2 is 1.14 bits per heavy atom. The number of hydrogen-bond acceptors (Lipinski definition) is 11. The molecule has 71 heavy (non-hydrogen) atoms. The molecule has 18 heteroatoms. The third-order valence-corrected chi connectivity index (χ3v) is 14.9. The first-order chi connectivity index (χ1) is 34.2. The second kappa shape index (κ2) is 19.0. The summed E-state index contributed by atoms with van der Waals surface area (Å²) < 4.78 is 6.40. The first-order valence-electron chi connectivity index (χ1n) is 23.3. The van der Waals surface area contributed by atoms with Gasteiger partial charge in [-0.3, -0.25) is 9.59 Å². The Bertz CT molecular complexity index is 3600. The number of benzene rings is 5. The number of unbranched alkanes of at least 4 members (excludes halogenated alkanes) is 1. The molecule has 2 N–H and O–H groups in total. The fraction of sp³-hybridized carbons (Fsp3) is 0.226. The van der Waals surface area contributed by atoms with Crippen LogP contribution in [0.3, 0.4) is 0 Å². The van der Waals surface area contributed by atoms with Crippen LogP contribution in [0.2, 0.25) is 0 Å². The molecular formula is C53H44N12O4SZn. The van der Waals surface area contributed by atoms with Crippen LogP contribution >= 0.6 is 11.8 Å². The average molecular weight is 1010 g/mol. The topological polar surface area (TPSA) is 197 Å². The van der Waals surface area contributed by atoms with E-state index in [2.05, 4.69) is 10.6 Å². The van der Waals surface area contributed by atoms with Gasteiger partial charge in [0, 0.05) is 95.0 Å². The summed E-state index contributed by atoms with van der Waals surface area (Å²) in [5.41, 5.74) is 5.59. The molecule has 0 radical (unpaired) electrons. The molecule has 4 aliphatic heterocycles. The number of amides is 4. The van der Waals surface area contributed by atoms with E-state index in [-0.39, 0.29) is 49.4 Å². The smallest absolute Gasteiger partial charge is 0.457 e. The molecule has 4 aliphatic rings. The van der Waals surface area contributed by atoms with Crippen LogP contribution in [0.15, 0.2) is 115 Å². The molecule has 2 saturated heterocycles. The van der Waals surface area contributed by atoms with E-state index in [4.69, 9.17) is 44.6 Å². The molecule has 0 aliphatic carbocycles. The largest absolute Gasteiger partial charge is 2.00 e. The van der Waals surface area contributed by atoms with Gasteiger partial charge in [0.2, 0.25) is 5.91 Å². The van der Waals surface area contributed by atoms with E-state index in [0.29, 0.717) is 93.1 Å². The first kappa shape index (κ1) is 45.9. The maximum Gasteiger partial charge on any atom is 2.00 e. The molecule has 4 amide bonds. The Labute approximate surface area is 424 Å². The number of carbonyl (C=O) groups excluding carboxylic acids is 3. The van der Waals surface area contributed by atoms with Gasteiger partial charge in [-0.1, -0.05) is 79.2 Å². The summed E-state index contributed by atoms with van der Waals surface area (Å²) in [6.45, 7) is 0.799. The number of carbonyl (C=O) groups is 3. The molecule has 0 saturated carbocycles. The summed E-state index contributed by atoms with van der Waals surface area (Å²) in [4.78, 5) is 81.5. The Balaban J connectivity index is 0.00000547. The average Bonchev–Trinajstić information content (AvgIpc) is 4.24.